The van der Waals surface area contributed by atoms with E-state index >= 15 is 0 Å². The molecule has 0 fully saturated rings. The molecule has 0 radical (unpaired) electrons. The molecule has 0 saturated carbocycles. The summed E-state index contributed by atoms with van der Waals surface area (Å²) in [6.07, 6.45) is 4.15. The minimum Gasteiger partial charge on any atom is -0.393 e. The van der Waals surface area contributed by atoms with Gasteiger partial charge in [0.05, 0.1) is 5.92 Å². The lowest BCUT2D eigenvalue weighted by molar-refractivity contribution is -0.163. The molecule has 0 aromatic rings. The van der Waals surface area contributed by atoms with Crippen molar-refractivity contribution in [3.63, 3.8) is 0 Å². The van der Waals surface area contributed by atoms with Crippen molar-refractivity contribution >= 4 is 17.8 Å². The summed E-state index contributed by atoms with van der Waals surface area (Å²) in [6.45, 7) is 8.04. The van der Waals surface area contributed by atoms with Crippen molar-refractivity contribution in [3.8, 4) is 0 Å². The van der Waals surface area contributed by atoms with Crippen LogP contribution in [-0.4, -0.2) is 17.8 Å². The Kier molecular flexibility index (Phi) is 10.5. The highest BCUT2D eigenvalue weighted by atomic mass is 16.6. The van der Waals surface area contributed by atoms with E-state index < -0.39 is 17.8 Å². The quantitative estimate of drug-likeness (QED) is 0.469. The van der Waals surface area contributed by atoms with Crippen molar-refractivity contribution < 1.29 is 19.1 Å². The Morgan fingerprint density at radius 2 is 1.55 bits per heavy atom. The van der Waals surface area contributed by atoms with Gasteiger partial charge in [-0.3, -0.25) is 14.4 Å². The molecule has 0 saturated heterocycles. The van der Waals surface area contributed by atoms with Gasteiger partial charge >= 0.3 is 11.9 Å². The van der Waals surface area contributed by atoms with Crippen LogP contribution in [0.4, 0.5) is 0 Å². The van der Waals surface area contributed by atoms with Crippen LogP contribution in [-0.2, 0) is 19.1 Å². The third kappa shape index (κ3) is 9.53. The molecule has 128 valence electrons. The summed E-state index contributed by atoms with van der Waals surface area (Å²) in [5.41, 5.74) is 5.22. The average Bonchev–Trinajstić information content (AvgIpc) is 2.36. The second-order valence-electron chi connectivity index (χ2n) is 6.44. The number of primary amides is 1. The number of carbonyl (C=O) groups is 3. The van der Waals surface area contributed by atoms with Gasteiger partial charge < -0.3 is 10.5 Å². The Hall–Kier alpha value is -1.39. The predicted octanol–water partition coefficient (Wildman–Crippen LogP) is 3.20. The van der Waals surface area contributed by atoms with Crippen LogP contribution < -0.4 is 5.73 Å². The van der Waals surface area contributed by atoms with Crippen molar-refractivity contribution in [3.05, 3.63) is 0 Å². The number of hydrogen-bond acceptors (Lipinski definition) is 4. The van der Waals surface area contributed by atoms with Crippen LogP contribution >= 0.6 is 0 Å². The maximum absolute atomic E-state index is 12.0. The molecule has 5 heteroatoms. The highest BCUT2D eigenvalue weighted by molar-refractivity contribution is 5.87. The fraction of sp³-hybridized carbons (Fsp3) is 0.824. The summed E-state index contributed by atoms with van der Waals surface area (Å²) in [5.74, 6) is -1.43. The number of ether oxygens (including phenoxy) is 1. The summed E-state index contributed by atoms with van der Waals surface area (Å²) < 4.78 is 4.98. The molecule has 0 aliphatic carbocycles. The van der Waals surface area contributed by atoms with Gasteiger partial charge in [0.15, 0.2) is 0 Å². The van der Waals surface area contributed by atoms with Gasteiger partial charge in [0.25, 0.3) is 0 Å². The van der Waals surface area contributed by atoms with Gasteiger partial charge in [-0.15, -0.1) is 0 Å². The van der Waals surface area contributed by atoms with Crippen LogP contribution in [0.3, 0.4) is 0 Å². The molecule has 0 aliphatic rings. The smallest absolute Gasteiger partial charge is 0.316 e. The highest BCUT2D eigenvalue weighted by Crippen LogP contribution is 2.21. The molecule has 0 heterocycles. The molecule has 0 spiro atoms. The molecule has 0 rings (SSSR count). The minimum absolute atomic E-state index is 0.0673. The van der Waals surface area contributed by atoms with Gasteiger partial charge in [0.1, 0.15) is 0 Å². The summed E-state index contributed by atoms with van der Waals surface area (Å²) in [6, 6.07) is 0. The monoisotopic (exact) mass is 313 g/mol. The Bertz CT molecular complexity index is 360. The van der Waals surface area contributed by atoms with E-state index in [1.807, 2.05) is 27.7 Å². The Balaban J connectivity index is 4.53. The van der Waals surface area contributed by atoms with Crippen LogP contribution in [0.1, 0.15) is 72.6 Å². The number of carbonyl (C=O) groups excluding carboxylic acids is 3. The molecule has 0 aromatic carbocycles. The van der Waals surface area contributed by atoms with E-state index in [0.717, 1.165) is 25.7 Å². The van der Waals surface area contributed by atoms with Crippen molar-refractivity contribution in [1.82, 2.24) is 0 Å². The Morgan fingerprint density at radius 1 is 1.00 bits per heavy atom. The first-order valence-electron chi connectivity index (χ1n) is 8.32. The van der Waals surface area contributed by atoms with E-state index in [0.29, 0.717) is 12.3 Å². The molecule has 5 nitrogen and oxygen atoms in total. The number of rotatable bonds is 11. The van der Waals surface area contributed by atoms with Gasteiger partial charge in [0.2, 0.25) is 5.91 Å². The lowest BCUT2D eigenvalue weighted by Gasteiger charge is -2.18. The predicted molar refractivity (Wildman–Crippen MR) is 85.8 cm³/mol. The largest absolute Gasteiger partial charge is 0.393 e. The van der Waals surface area contributed by atoms with E-state index in [1.54, 1.807) is 0 Å². The fourth-order valence-corrected chi connectivity index (χ4v) is 2.74. The summed E-state index contributed by atoms with van der Waals surface area (Å²) >= 11 is 0. The summed E-state index contributed by atoms with van der Waals surface area (Å²) in [4.78, 5) is 35.0. The number of amides is 1. The summed E-state index contributed by atoms with van der Waals surface area (Å²) in [7, 11) is 0. The molecule has 0 unspecified atom stereocenters. The highest BCUT2D eigenvalue weighted by Gasteiger charge is 2.24. The molecule has 22 heavy (non-hydrogen) atoms. The third-order valence-corrected chi connectivity index (χ3v) is 3.57. The van der Waals surface area contributed by atoms with E-state index in [9.17, 15) is 14.4 Å². The van der Waals surface area contributed by atoms with Crippen LogP contribution in [0.5, 0.6) is 0 Å². The van der Waals surface area contributed by atoms with Crippen molar-refractivity contribution in [1.29, 1.82) is 0 Å². The zero-order valence-corrected chi connectivity index (χ0v) is 14.4. The lowest BCUT2D eigenvalue weighted by Crippen LogP contribution is -2.25. The summed E-state index contributed by atoms with van der Waals surface area (Å²) in [5, 5.41) is 0. The first-order chi connectivity index (χ1) is 10.3. The van der Waals surface area contributed by atoms with E-state index in [-0.39, 0.29) is 24.7 Å². The average molecular weight is 313 g/mol. The number of nitrogens with two attached hydrogens (primary N) is 1. The third-order valence-electron chi connectivity index (χ3n) is 3.57. The topological polar surface area (TPSA) is 86.5 Å². The second-order valence-corrected chi connectivity index (χ2v) is 6.44. The van der Waals surface area contributed by atoms with Crippen LogP contribution in [0.15, 0.2) is 0 Å². The molecule has 0 aromatic heterocycles. The van der Waals surface area contributed by atoms with Crippen LogP contribution in [0.25, 0.3) is 0 Å². The molecule has 1 atom stereocenters. The number of esters is 2. The van der Waals surface area contributed by atoms with Crippen LogP contribution in [0, 0.1) is 17.8 Å². The SMILES string of the molecule is CCCC(CCC)C(=O)OC(=O)C[C@@H](CC(N)=O)CC(C)C. The first kappa shape index (κ1) is 20.6. The molecular weight excluding hydrogens is 282 g/mol. The van der Waals surface area contributed by atoms with E-state index in [2.05, 4.69) is 0 Å². The van der Waals surface area contributed by atoms with Gasteiger partial charge in [-0.25, -0.2) is 0 Å². The fourth-order valence-electron chi connectivity index (χ4n) is 2.74. The van der Waals surface area contributed by atoms with Crippen molar-refractivity contribution in [2.24, 2.45) is 23.5 Å². The second kappa shape index (κ2) is 11.2. The maximum Gasteiger partial charge on any atom is 0.316 e. The Morgan fingerprint density at radius 3 is 1.95 bits per heavy atom. The van der Waals surface area contributed by atoms with Crippen molar-refractivity contribution in [2.45, 2.75) is 72.6 Å². The normalized spacial score (nSPS) is 12.5. The lowest BCUT2D eigenvalue weighted by atomic mass is 9.91. The molecule has 0 aliphatic heterocycles. The first-order valence-corrected chi connectivity index (χ1v) is 8.32. The van der Waals surface area contributed by atoms with E-state index in [4.69, 9.17) is 10.5 Å². The zero-order valence-electron chi connectivity index (χ0n) is 14.4. The standard InChI is InChI=1S/C17H31NO4/c1-5-7-14(8-6-2)17(21)22-16(20)11-13(9-12(3)4)10-15(18)19/h12-14H,5-11H2,1-4H3,(H2,18,19)/t13-/m1/s1. The molecule has 1 amide bonds. The van der Waals surface area contributed by atoms with Gasteiger partial charge in [-0.05, 0) is 31.1 Å². The van der Waals surface area contributed by atoms with Gasteiger partial charge in [-0.2, -0.15) is 0 Å². The maximum atomic E-state index is 12.0. The Labute approximate surface area is 134 Å². The zero-order chi connectivity index (χ0) is 17.1. The van der Waals surface area contributed by atoms with Crippen LogP contribution in [0.2, 0.25) is 0 Å². The van der Waals surface area contributed by atoms with Crippen molar-refractivity contribution in [2.75, 3.05) is 0 Å². The van der Waals surface area contributed by atoms with E-state index in [1.165, 1.54) is 0 Å². The number of hydrogen-bond donors (Lipinski definition) is 1. The molecular formula is C17H31NO4. The minimum atomic E-state index is -0.547. The van der Waals surface area contributed by atoms with Gasteiger partial charge in [0, 0.05) is 12.8 Å². The molecule has 0 bridgehead atoms. The molecule has 2 N–H and O–H groups in total. The van der Waals surface area contributed by atoms with Gasteiger partial charge in [-0.1, -0.05) is 40.5 Å².